The molecule has 1 N–H and O–H groups in total. The normalized spacial score (nSPS) is 18.8. The van der Waals surface area contributed by atoms with Crippen LogP contribution in [0.3, 0.4) is 0 Å². The Bertz CT molecular complexity index is 581. The minimum atomic E-state index is 0.585. The first kappa shape index (κ1) is 13.8. The van der Waals surface area contributed by atoms with Crippen molar-refractivity contribution in [1.82, 2.24) is 24.5 Å². The summed E-state index contributed by atoms with van der Waals surface area (Å²) in [6, 6.07) is 0. The number of hydrogen-bond donors (Lipinski definition) is 1. The van der Waals surface area contributed by atoms with E-state index in [1.165, 1.54) is 19.3 Å². The molecule has 2 aromatic heterocycles. The van der Waals surface area contributed by atoms with Crippen LogP contribution < -0.4 is 10.2 Å². The summed E-state index contributed by atoms with van der Waals surface area (Å²) < 4.78 is 1.80. The van der Waals surface area contributed by atoms with Crippen LogP contribution in [0, 0.1) is 5.92 Å². The van der Waals surface area contributed by atoms with E-state index in [1.807, 2.05) is 13.2 Å². The van der Waals surface area contributed by atoms with Crippen LogP contribution in [0.4, 0.5) is 11.9 Å². The molecule has 0 spiro atoms. The van der Waals surface area contributed by atoms with Crippen LogP contribution in [0.25, 0.3) is 5.95 Å². The molecule has 7 heteroatoms. The maximum atomic E-state index is 4.60. The van der Waals surface area contributed by atoms with E-state index in [0.29, 0.717) is 11.9 Å². The minimum absolute atomic E-state index is 0.585. The summed E-state index contributed by atoms with van der Waals surface area (Å²) >= 11 is 0. The van der Waals surface area contributed by atoms with Gasteiger partial charge in [-0.2, -0.15) is 15.0 Å². The Morgan fingerprint density at radius 2 is 2.14 bits per heavy atom. The molecular formula is C14H21N7. The predicted molar refractivity (Wildman–Crippen MR) is 81.7 cm³/mol. The van der Waals surface area contributed by atoms with E-state index in [9.17, 15) is 0 Å². The van der Waals surface area contributed by atoms with E-state index in [1.54, 1.807) is 17.1 Å². The van der Waals surface area contributed by atoms with Gasteiger partial charge in [-0.3, -0.25) is 4.57 Å². The number of anilines is 2. The summed E-state index contributed by atoms with van der Waals surface area (Å²) in [6.45, 7) is 4.28. The van der Waals surface area contributed by atoms with E-state index >= 15 is 0 Å². The Morgan fingerprint density at radius 1 is 1.29 bits per heavy atom. The van der Waals surface area contributed by atoms with E-state index < -0.39 is 0 Å². The fraction of sp³-hybridized carbons (Fsp3) is 0.571. The lowest BCUT2D eigenvalue weighted by Crippen LogP contribution is -2.36. The van der Waals surface area contributed by atoms with Crippen molar-refractivity contribution >= 4 is 11.9 Å². The van der Waals surface area contributed by atoms with Gasteiger partial charge in [0.2, 0.25) is 17.8 Å². The molecule has 0 aromatic carbocycles. The molecule has 2 aromatic rings. The lowest BCUT2D eigenvalue weighted by Gasteiger charge is -2.32. The molecule has 1 fully saturated rings. The Kier molecular flexibility index (Phi) is 3.98. The van der Waals surface area contributed by atoms with Crippen LogP contribution in [0.5, 0.6) is 0 Å². The first-order chi connectivity index (χ1) is 10.3. The average Bonchev–Trinajstić information content (AvgIpc) is 3.09. The van der Waals surface area contributed by atoms with Crippen LogP contribution in [0.2, 0.25) is 0 Å². The zero-order valence-electron chi connectivity index (χ0n) is 12.5. The summed E-state index contributed by atoms with van der Waals surface area (Å²) in [5, 5.41) is 3.01. The SMILES string of the molecule is CCC1CCCN(c2nc(NC)nc(-n3ccnc3)n2)C1. The van der Waals surface area contributed by atoms with Crippen molar-refractivity contribution in [3.05, 3.63) is 18.7 Å². The lowest BCUT2D eigenvalue weighted by atomic mass is 9.96. The molecule has 7 nitrogen and oxygen atoms in total. The van der Waals surface area contributed by atoms with Crippen LogP contribution in [-0.4, -0.2) is 44.6 Å². The van der Waals surface area contributed by atoms with Gasteiger partial charge in [0.1, 0.15) is 6.33 Å². The van der Waals surface area contributed by atoms with E-state index in [-0.39, 0.29) is 0 Å². The van der Waals surface area contributed by atoms with Crippen molar-refractivity contribution in [2.24, 2.45) is 5.92 Å². The molecule has 1 unspecified atom stereocenters. The van der Waals surface area contributed by atoms with Crippen molar-refractivity contribution < 1.29 is 0 Å². The largest absolute Gasteiger partial charge is 0.357 e. The first-order valence-corrected chi connectivity index (χ1v) is 7.47. The minimum Gasteiger partial charge on any atom is -0.357 e. The molecule has 0 bridgehead atoms. The van der Waals surface area contributed by atoms with E-state index in [0.717, 1.165) is 25.0 Å². The third-order valence-electron chi connectivity index (χ3n) is 3.95. The Hall–Kier alpha value is -2.18. The smallest absolute Gasteiger partial charge is 0.241 e. The molecule has 3 heterocycles. The summed E-state index contributed by atoms with van der Waals surface area (Å²) in [7, 11) is 1.82. The van der Waals surface area contributed by atoms with Crippen LogP contribution in [0.15, 0.2) is 18.7 Å². The van der Waals surface area contributed by atoms with E-state index in [2.05, 4.69) is 37.1 Å². The van der Waals surface area contributed by atoms with Crippen molar-refractivity contribution in [3.63, 3.8) is 0 Å². The fourth-order valence-corrected chi connectivity index (χ4v) is 2.68. The van der Waals surface area contributed by atoms with Gasteiger partial charge in [-0.1, -0.05) is 13.3 Å². The number of hydrogen-bond acceptors (Lipinski definition) is 6. The molecule has 0 radical (unpaired) electrons. The molecule has 1 aliphatic heterocycles. The van der Waals surface area contributed by atoms with Gasteiger partial charge in [-0.25, -0.2) is 4.98 Å². The number of rotatable bonds is 4. The van der Waals surface area contributed by atoms with Gasteiger partial charge in [0.15, 0.2) is 0 Å². The second kappa shape index (κ2) is 6.07. The molecule has 0 saturated carbocycles. The Balaban J connectivity index is 1.92. The van der Waals surface area contributed by atoms with Gasteiger partial charge in [0.05, 0.1) is 0 Å². The molecular weight excluding hydrogens is 266 g/mol. The Morgan fingerprint density at radius 3 is 2.86 bits per heavy atom. The number of piperidine rings is 1. The zero-order valence-corrected chi connectivity index (χ0v) is 12.5. The summed E-state index contributed by atoms with van der Waals surface area (Å²) in [5.74, 6) is 2.66. The first-order valence-electron chi connectivity index (χ1n) is 7.47. The van der Waals surface area contributed by atoms with Gasteiger partial charge in [0, 0.05) is 32.5 Å². The van der Waals surface area contributed by atoms with Crippen molar-refractivity contribution in [2.75, 3.05) is 30.4 Å². The number of aromatic nitrogens is 5. The highest BCUT2D eigenvalue weighted by atomic mass is 15.3. The topological polar surface area (TPSA) is 71.8 Å². The van der Waals surface area contributed by atoms with Crippen molar-refractivity contribution in [2.45, 2.75) is 26.2 Å². The second-order valence-electron chi connectivity index (χ2n) is 5.34. The third kappa shape index (κ3) is 2.96. The van der Waals surface area contributed by atoms with Crippen LogP contribution in [-0.2, 0) is 0 Å². The van der Waals surface area contributed by atoms with Crippen LogP contribution in [0.1, 0.15) is 26.2 Å². The molecule has 0 aliphatic carbocycles. The van der Waals surface area contributed by atoms with Crippen molar-refractivity contribution in [3.8, 4) is 5.95 Å². The highest BCUT2D eigenvalue weighted by molar-refractivity contribution is 5.40. The summed E-state index contributed by atoms with van der Waals surface area (Å²) in [5.41, 5.74) is 0. The zero-order chi connectivity index (χ0) is 14.7. The fourth-order valence-electron chi connectivity index (χ4n) is 2.68. The standard InChI is InChI=1S/C14H21N7/c1-3-11-5-4-7-20(9-11)13-17-12(15-2)18-14(19-13)21-8-6-16-10-21/h6,8,10-11H,3-5,7,9H2,1-2H3,(H,15,17,18,19). The number of nitrogens with zero attached hydrogens (tertiary/aromatic N) is 6. The molecule has 21 heavy (non-hydrogen) atoms. The molecule has 3 rings (SSSR count). The van der Waals surface area contributed by atoms with Gasteiger partial charge < -0.3 is 10.2 Å². The lowest BCUT2D eigenvalue weighted by molar-refractivity contribution is 0.401. The molecule has 1 saturated heterocycles. The molecule has 1 aliphatic rings. The summed E-state index contributed by atoms with van der Waals surface area (Å²) in [6.07, 6.45) is 8.95. The predicted octanol–water partition coefficient (Wildman–Crippen LogP) is 1.73. The number of nitrogens with one attached hydrogen (secondary N) is 1. The summed E-state index contributed by atoms with van der Waals surface area (Å²) in [4.78, 5) is 19.8. The average molecular weight is 287 g/mol. The maximum Gasteiger partial charge on any atom is 0.241 e. The van der Waals surface area contributed by atoms with E-state index in [4.69, 9.17) is 0 Å². The molecule has 1 atom stereocenters. The highest BCUT2D eigenvalue weighted by Gasteiger charge is 2.21. The van der Waals surface area contributed by atoms with Crippen molar-refractivity contribution in [1.29, 1.82) is 0 Å². The van der Waals surface area contributed by atoms with Gasteiger partial charge in [-0.05, 0) is 18.8 Å². The van der Waals surface area contributed by atoms with Crippen LogP contribution >= 0.6 is 0 Å². The highest BCUT2D eigenvalue weighted by Crippen LogP contribution is 2.23. The van der Waals surface area contributed by atoms with Gasteiger partial charge in [0.25, 0.3) is 0 Å². The monoisotopic (exact) mass is 287 g/mol. The molecule has 112 valence electrons. The Labute approximate surface area is 124 Å². The third-order valence-corrected chi connectivity index (χ3v) is 3.95. The second-order valence-corrected chi connectivity index (χ2v) is 5.34. The van der Waals surface area contributed by atoms with Gasteiger partial charge in [-0.15, -0.1) is 0 Å². The number of imidazole rings is 1. The molecule has 0 amide bonds. The van der Waals surface area contributed by atoms with Gasteiger partial charge >= 0.3 is 0 Å². The maximum absolute atomic E-state index is 4.60. The quantitative estimate of drug-likeness (QED) is 0.923.